The first-order valence-electron chi connectivity index (χ1n) is 6.64. The molecule has 0 aliphatic rings. The first-order chi connectivity index (χ1) is 9.63. The summed E-state index contributed by atoms with van der Waals surface area (Å²) in [6.45, 7) is 2.67. The average Bonchev–Trinajstić information content (AvgIpc) is 2.81. The monoisotopic (exact) mass is 267 g/mol. The molecular formula is C16H17N3O. The number of hydrogen-bond acceptors (Lipinski definition) is 3. The minimum atomic E-state index is 0.0652. The fourth-order valence-corrected chi connectivity index (χ4v) is 2.32. The maximum absolute atomic E-state index is 9.36. The summed E-state index contributed by atoms with van der Waals surface area (Å²) >= 11 is 0. The van der Waals surface area contributed by atoms with Crippen LogP contribution < -0.4 is 5.73 Å². The van der Waals surface area contributed by atoms with Crippen molar-refractivity contribution in [3.63, 3.8) is 0 Å². The molecule has 0 saturated heterocycles. The van der Waals surface area contributed by atoms with E-state index in [1.807, 2.05) is 29.9 Å². The van der Waals surface area contributed by atoms with Crippen LogP contribution in [0.5, 0.6) is 5.75 Å². The van der Waals surface area contributed by atoms with Crippen LogP contribution in [0.4, 0.5) is 0 Å². The zero-order valence-electron chi connectivity index (χ0n) is 11.3. The van der Waals surface area contributed by atoms with Crippen LogP contribution >= 0.6 is 0 Å². The van der Waals surface area contributed by atoms with E-state index < -0.39 is 0 Å². The summed E-state index contributed by atoms with van der Waals surface area (Å²) in [6.07, 6.45) is 1.86. The van der Waals surface area contributed by atoms with Crippen molar-refractivity contribution < 1.29 is 5.11 Å². The van der Waals surface area contributed by atoms with Crippen molar-refractivity contribution in [3.8, 4) is 16.9 Å². The van der Waals surface area contributed by atoms with Gasteiger partial charge in [-0.05, 0) is 36.2 Å². The number of rotatable bonds is 3. The van der Waals surface area contributed by atoms with Gasteiger partial charge in [-0.2, -0.15) is 5.10 Å². The summed E-state index contributed by atoms with van der Waals surface area (Å²) in [5.74, 6) is 0.275. The smallest absolute Gasteiger partial charge is 0.115 e. The predicted octanol–water partition coefficient (Wildman–Crippen LogP) is 2.76. The summed E-state index contributed by atoms with van der Waals surface area (Å²) in [5, 5.41) is 14.8. The standard InChI is InChI=1S/C16H17N3O/c1-11(17)10-19-16-8-13(2-3-14(16)9-18-19)12-4-6-15(20)7-5-12/h2-9,11,20H,10,17H2,1H3. The first kappa shape index (κ1) is 12.7. The Morgan fingerprint density at radius 3 is 2.55 bits per heavy atom. The lowest BCUT2D eigenvalue weighted by Gasteiger charge is -2.08. The van der Waals surface area contributed by atoms with Crippen LogP contribution in [0.25, 0.3) is 22.0 Å². The fraction of sp³-hybridized carbons (Fsp3) is 0.188. The zero-order valence-corrected chi connectivity index (χ0v) is 11.3. The Bertz CT molecular complexity index is 729. The van der Waals surface area contributed by atoms with Crippen molar-refractivity contribution in [2.24, 2.45) is 5.73 Å². The van der Waals surface area contributed by atoms with Crippen molar-refractivity contribution in [1.29, 1.82) is 0 Å². The van der Waals surface area contributed by atoms with Gasteiger partial charge >= 0.3 is 0 Å². The predicted molar refractivity (Wildman–Crippen MR) is 80.5 cm³/mol. The van der Waals surface area contributed by atoms with E-state index in [0.717, 1.165) is 22.0 Å². The lowest BCUT2D eigenvalue weighted by Crippen LogP contribution is -2.22. The zero-order chi connectivity index (χ0) is 14.1. The van der Waals surface area contributed by atoms with E-state index in [0.29, 0.717) is 6.54 Å². The van der Waals surface area contributed by atoms with Crippen LogP contribution in [0.15, 0.2) is 48.7 Å². The molecule has 0 fully saturated rings. The molecule has 2 aromatic carbocycles. The van der Waals surface area contributed by atoms with Gasteiger partial charge in [0.05, 0.1) is 18.3 Å². The van der Waals surface area contributed by atoms with E-state index in [9.17, 15) is 5.11 Å². The van der Waals surface area contributed by atoms with E-state index >= 15 is 0 Å². The summed E-state index contributed by atoms with van der Waals surface area (Å²) in [5.41, 5.74) is 9.10. The van der Waals surface area contributed by atoms with Crippen molar-refractivity contribution in [3.05, 3.63) is 48.7 Å². The van der Waals surface area contributed by atoms with Gasteiger partial charge in [0, 0.05) is 11.4 Å². The van der Waals surface area contributed by atoms with Gasteiger partial charge in [-0.15, -0.1) is 0 Å². The second-order valence-electron chi connectivity index (χ2n) is 5.12. The van der Waals surface area contributed by atoms with Gasteiger partial charge in [0.1, 0.15) is 5.75 Å². The molecule has 0 aliphatic carbocycles. The Morgan fingerprint density at radius 1 is 1.15 bits per heavy atom. The van der Waals surface area contributed by atoms with E-state index in [1.165, 1.54) is 0 Å². The Hall–Kier alpha value is -2.33. The maximum atomic E-state index is 9.36. The Kier molecular flexibility index (Phi) is 3.16. The Labute approximate surface area is 117 Å². The molecule has 0 bridgehead atoms. The van der Waals surface area contributed by atoms with E-state index in [4.69, 9.17) is 5.73 Å². The molecule has 3 N–H and O–H groups in total. The third kappa shape index (κ3) is 2.38. The highest BCUT2D eigenvalue weighted by atomic mass is 16.3. The molecular weight excluding hydrogens is 250 g/mol. The van der Waals surface area contributed by atoms with E-state index in [1.54, 1.807) is 12.1 Å². The normalized spacial score (nSPS) is 12.7. The molecule has 0 aliphatic heterocycles. The lowest BCUT2D eigenvalue weighted by atomic mass is 10.0. The highest BCUT2D eigenvalue weighted by Crippen LogP contribution is 2.25. The SMILES string of the molecule is CC(N)Cn1ncc2ccc(-c3ccc(O)cc3)cc21. The number of aromatic nitrogens is 2. The third-order valence-corrected chi connectivity index (χ3v) is 3.31. The van der Waals surface area contributed by atoms with Crippen molar-refractivity contribution in [2.45, 2.75) is 19.5 Å². The molecule has 0 radical (unpaired) electrons. The van der Waals surface area contributed by atoms with Gasteiger partial charge in [0.25, 0.3) is 0 Å². The Morgan fingerprint density at radius 2 is 1.85 bits per heavy atom. The lowest BCUT2D eigenvalue weighted by molar-refractivity contribution is 0.475. The van der Waals surface area contributed by atoms with Gasteiger partial charge in [-0.3, -0.25) is 4.68 Å². The number of phenolic OH excluding ortho intramolecular Hbond substituents is 1. The van der Waals surface area contributed by atoms with Crippen LogP contribution in [0.2, 0.25) is 0 Å². The second kappa shape index (κ2) is 4.98. The minimum Gasteiger partial charge on any atom is -0.508 e. The van der Waals surface area contributed by atoms with Crippen LogP contribution in [0, 0.1) is 0 Å². The highest BCUT2D eigenvalue weighted by Gasteiger charge is 2.06. The number of fused-ring (bicyclic) bond motifs is 1. The van der Waals surface area contributed by atoms with Gasteiger partial charge in [0.2, 0.25) is 0 Å². The van der Waals surface area contributed by atoms with E-state index in [2.05, 4.69) is 23.3 Å². The molecule has 0 amide bonds. The summed E-state index contributed by atoms with van der Waals surface area (Å²) < 4.78 is 1.93. The number of aromatic hydroxyl groups is 1. The molecule has 1 heterocycles. The van der Waals surface area contributed by atoms with Crippen LogP contribution in [-0.2, 0) is 6.54 Å². The number of nitrogens with zero attached hydrogens (tertiary/aromatic N) is 2. The summed E-state index contributed by atoms with van der Waals surface area (Å²) in [7, 11) is 0. The number of nitrogens with two attached hydrogens (primary N) is 1. The molecule has 4 nitrogen and oxygen atoms in total. The highest BCUT2D eigenvalue weighted by molar-refractivity contribution is 5.84. The largest absolute Gasteiger partial charge is 0.508 e. The second-order valence-corrected chi connectivity index (χ2v) is 5.12. The molecule has 3 aromatic rings. The van der Waals surface area contributed by atoms with Crippen LogP contribution in [0.3, 0.4) is 0 Å². The van der Waals surface area contributed by atoms with Crippen molar-refractivity contribution >= 4 is 10.9 Å². The molecule has 1 atom stereocenters. The quantitative estimate of drug-likeness (QED) is 0.767. The van der Waals surface area contributed by atoms with Gasteiger partial charge in [0.15, 0.2) is 0 Å². The number of phenols is 1. The maximum Gasteiger partial charge on any atom is 0.115 e. The molecule has 20 heavy (non-hydrogen) atoms. The fourth-order valence-electron chi connectivity index (χ4n) is 2.32. The molecule has 0 saturated carbocycles. The molecule has 1 unspecified atom stereocenters. The van der Waals surface area contributed by atoms with Gasteiger partial charge < -0.3 is 10.8 Å². The first-order valence-corrected chi connectivity index (χ1v) is 6.64. The van der Waals surface area contributed by atoms with Gasteiger partial charge in [-0.25, -0.2) is 0 Å². The minimum absolute atomic E-state index is 0.0652. The van der Waals surface area contributed by atoms with Crippen molar-refractivity contribution in [2.75, 3.05) is 0 Å². The Balaban J connectivity index is 2.06. The molecule has 4 heteroatoms. The molecule has 0 spiro atoms. The van der Waals surface area contributed by atoms with E-state index in [-0.39, 0.29) is 11.8 Å². The third-order valence-electron chi connectivity index (χ3n) is 3.31. The average molecular weight is 267 g/mol. The van der Waals surface area contributed by atoms with Crippen LogP contribution in [0.1, 0.15) is 6.92 Å². The topological polar surface area (TPSA) is 64.1 Å². The van der Waals surface area contributed by atoms with Crippen molar-refractivity contribution in [1.82, 2.24) is 9.78 Å². The van der Waals surface area contributed by atoms with Crippen LogP contribution in [-0.4, -0.2) is 20.9 Å². The molecule has 3 rings (SSSR count). The number of hydrogen-bond donors (Lipinski definition) is 2. The molecule has 1 aromatic heterocycles. The van der Waals surface area contributed by atoms with Gasteiger partial charge in [-0.1, -0.05) is 24.3 Å². The molecule has 102 valence electrons. The summed E-state index contributed by atoms with van der Waals surface area (Å²) in [4.78, 5) is 0. The number of benzene rings is 2. The summed E-state index contributed by atoms with van der Waals surface area (Å²) in [6, 6.07) is 13.5.